The molecule has 0 atom stereocenters. The van der Waals surface area contributed by atoms with Crippen molar-refractivity contribution in [2.75, 3.05) is 5.32 Å². The Balaban J connectivity index is 1.99. The number of anilines is 1. The van der Waals surface area contributed by atoms with Crippen LogP contribution in [0.2, 0.25) is 0 Å². The van der Waals surface area contributed by atoms with Crippen LogP contribution in [0.4, 0.5) is 10.1 Å². The number of para-hydroxylation sites is 2. The van der Waals surface area contributed by atoms with E-state index in [-0.39, 0.29) is 16.9 Å². The maximum absolute atomic E-state index is 13.5. The molecule has 2 aromatic carbocycles. The maximum atomic E-state index is 13.5. The van der Waals surface area contributed by atoms with Gasteiger partial charge >= 0.3 is 0 Å². The van der Waals surface area contributed by atoms with Gasteiger partial charge in [-0.25, -0.2) is 4.39 Å². The van der Waals surface area contributed by atoms with E-state index in [4.69, 9.17) is 4.42 Å². The molecule has 1 N–H and O–H groups in total. The third-order valence-electron chi connectivity index (χ3n) is 2.98. The number of hydrogen-bond acceptors (Lipinski definition) is 3. The highest BCUT2D eigenvalue weighted by Gasteiger charge is 2.13. The smallest absolute Gasteiger partial charge is 0.291 e. The van der Waals surface area contributed by atoms with Gasteiger partial charge in [0.2, 0.25) is 0 Å². The van der Waals surface area contributed by atoms with Crippen molar-refractivity contribution in [3.8, 4) is 0 Å². The maximum Gasteiger partial charge on any atom is 0.291 e. The lowest BCUT2D eigenvalue weighted by Crippen LogP contribution is -2.15. The second-order valence-corrected chi connectivity index (χ2v) is 4.41. The minimum atomic E-state index is -0.678. The van der Waals surface area contributed by atoms with Gasteiger partial charge in [0, 0.05) is 6.07 Å². The van der Waals surface area contributed by atoms with Crippen molar-refractivity contribution >= 4 is 22.6 Å². The number of halogens is 1. The van der Waals surface area contributed by atoms with Crippen molar-refractivity contribution in [2.24, 2.45) is 0 Å². The Morgan fingerprint density at radius 2 is 1.76 bits per heavy atom. The van der Waals surface area contributed by atoms with Crippen LogP contribution in [0.25, 0.3) is 11.0 Å². The van der Waals surface area contributed by atoms with E-state index in [2.05, 4.69) is 5.32 Å². The summed E-state index contributed by atoms with van der Waals surface area (Å²) in [4.78, 5) is 24.0. The average Bonchev–Trinajstić information content (AvgIpc) is 2.49. The number of fused-ring (bicyclic) bond motifs is 1. The van der Waals surface area contributed by atoms with Crippen LogP contribution in [0.3, 0.4) is 0 Å². The van der Waals surface area contributed by atoms with E-state index in [1.54, 1.807) is 30.3 Å². The lowest BCUT2D eigenvalue weighted by molar-refractivity contribution is 0.0996. The SMILES string of the molecule is O=C(Nc1ccccc1F)c1cc(=O)c2ccccc2o1. The van der Waals surface area contributed by atoms with E-state index >= 15 is 0 Å². The molecule has 1 amide bonds. The zero-order valence-electron chi connectivity index (χ0n) is 10.8. The predicted octanol–water partition coefficient (Wildman–Crippen LogP) is 3.18. The van der Waals surface area contributed by atoms with Crippen molar-refractivity contribution in [1.82, 2.24) is 0 Å². The van der Waals surface area contributed by atoms with Gasteiger partial charge in [0.1, 0.15) is 11.4 Å². The molecule has 0 saturated heterocycles. The Morgan fingerprint density at radius 3 is 2.57 bits per heavy atom. The number of benzene rings is 2. The summed E-state index contributed by atoms with van der Waals surface area (Å²) >= 11 is 0. The highest BCUT2D eigenvalue weighted by Crippen LogP contribution is 2.16. The minimum absolute atomic E-state index is 0.0262. The summed E-state index contributed by atoms with van der Waals surface area (Å²) in [6.07, 6.45) is 0. The first kappa shape index (κ1) is 13.1. The fourth-order valence-corrected chi connectivity index (χ4v) is 1.96. The lowest BCUT2D eigenvalue weighted by Gasteiger charge is -2.06. The van der Waals surface area contributed by atoms with Crippen molar-refractivity contribution in [2.45, 2.75) is 0 Å². The average molecular weight is 283 g/mol. The van der Waals surface area contributed by atoms with Gasteiger partial charge in [0.05, 0.1) is 11.1 Å². The molecule has 5 heteroatoms. The topological polar surface area (TPSA) is 59.3 Å². The summed E-state index contributed by atoms with van der Waals surface area (Å²) in [6.45, 7) is 0. The van der Waals surface area contributed by atoms with Crippen LogP contribution in [0, 0.1) is 5.82 Å². The van der Waals surface area contributed by atoms with Gasteiger partial charge in [-0.3, -0.25) is 9.59 Å². The lowest BCUT2D eigenvalue weighted by atomic mass is 10.2. The molecule has 3 aromatic rings. The summed E-state index contributed by atoms with van der Waals surface area (Å²) in [5.74, 6) is -1.40. The number of carbonyl (C=O) groups is 1. The Kier molecular flexibility index (Phi) is 3.23. The van der Waals surface area contributed by atoms with E-state index in [0.717, 1.165) is 6.07 Å². The number of carbonyl (C=O) groups excluding carboxylic acids is 1. The van der Waals surface area contributed by atoms with E-state index in [0.29, 0.717) is 11.0 Å². The van der Waals surface area contributed by atoms with Crippen LogP contribution < -0.4 is 10.7 Å². The fourth-order valence-electron chi connectivity index (χ4n) is 1.96. The van der Waals surface area contributed by atoms with Crippen molar-refractivity contribution in [3.05, 3.63) is 76.4 Å². The van der Waals surface area contributed by atoms with Crippen molar-refractivity contribution in [1.29, 1.82) is 0 Å². The largest absolute Gasteiger partial charge is 0.451 e. The van der Waals surface area contributed by atoms with Crippen molar-refractivity contribution < 1.29 is 13.6 Å². The van der Waals surface area contributed by atoms with Gasteiger partial charge < -0.3 is 9.73 Å². The molecule has 0 bridgehead atoms. The van der Waals surface area contributed by atoms with Gasteiger partial charge in [0.25, 0.3) is 5.91 Å². The summed E-state index contributed by atoms with van der Waals surface area (Å²) in [5.41, 5.74) is 0.0116. The zero-order chi connectivity index (χ0) is 14.8. The molecule has 0 saturated carbocycles. The molecule has 104 valence electrons. The van der Waals surface area contributed by atoms with Crippen LogP contribution in [-0.4, -0.2) is 5.91 Å². The van der Waals surface area contributed by atoms with Crippen LogP contribution in [0.5, 0.6) is 0 Å². The summed E-state index contributed by atoms with van der Waals surface area (Å²) in [5, 5.41) is 2.76. The summed E-state index contributed by atoms with van der Waals surface area (Å²) in [7, 11) is 0. The molecule has 0 fully saturated rings. The molecule has 0 aliphatic rings. The quantitative estimate of drug-likeness (QED) is 0.785. The minimum Gasteiger partial charge on any atom is -0.451 e. The fraction of sp³-hybridized carbons (Fsp3) is 0. The molecule has 1 aromatic heterocycles. The normalized spacial score (nSPS) is 10.5. The second-order valence-electron chi connectivity index (χ2n) is 4.41. The van der Waals surface area contributed by atoms with E-state index < -0.39 is 11.7 Å². The third kappa shape index (κ3) is 2.53. The van der Waals surface area contributed by atoms with Crippen molar-refractivity contribution in [3.63, 3.8) is 0 Å². The van der Waals surface area contributed by atoms with Crippen LogP contribution in [0.15, 0.2) is 63.8 Å². The van der Waals surface area contributed by atoms with Gasteiger partial charge in [-0.05, 0) is 24.3 Å². The number of rotatable bonds is 2. The monoisotopic (exact) mass is 283 g/mol. The molecule has 0 unspecified atom stereocenters. The van der Waals surface area contributed by atoms with E-state index in [1.165, 1.54) is 18.2 Å². The molecule has 0 spiro atoms. The van der Waals surface area contributed by atoms with Gasteiger partial charge in [0.15, 0.2) is 11.2 Å². The first-order chi connectivity index (χ1) is 10.1. The van der Waals surface area contributed by atoms with Gasteiger partial charge in [-0.15, -0.1) is 0 Å². The first-order valence-corrected chi connectivity index (χ1v) is 6.24. The number of amides is 1. The summed E-state index contributed by atoms with van der Waals surface area (Å²) < 4.78 is 18.9. The van der Waals surface area contributed by atoms with Gasteiger partial charge in [-0.1, -0.05) is 24.3 Å². The first-order valence-electron chi connectivity index (χ1n) is 6.24. The molecule has 0 aliphatic heterocycles. The summed E-state index contributed by atoms with van der Waals surface area (Å²) in [6, 6.07) is 13.5. The van der Waals surface area contributed by atoms with Crippen LogP contribution in [-0.2, 0) is 0 Å². The molecular formula is C16H10FNO3. The Bertz CT molecular complexity index is 886. The molecule has 0 aliphatic carbocycles. The highest BCUT2D eigenvalue weighted by molar-refractivity contribution is 6.03. The van der Waals surface area contributed by atoms with Crippen LogP contribution in [0.1, 0.15) is 10.6 Å². The van der Waals surface area contributed by atoms with E-state index in [9.17, 15) is 14.0 Å². The number of nitrogens with one attached hydrogen (secondary N) is 1. The predicted molar refractivity (Wildman–Crippen MR) is 76.8 cm³/mol. The Labute approximate surface area is 118 Å². The molecule has 1 heterocycles. The number of hydrogen-bond donors (Lipinski definition) is 1. The third-order valence-corrected chi connectivity index (χ3v) is 2.98. The van der Waals surface area contributed by atoms with Gasteiger partial charge in [-0.2, -0.15) is 0 Å². The molecule has 3 rings (SSSR count). The molecule has 0 radical (unpaired) electrons. The molecular weight excluding hydrogens is 273 g/mol. The Hall–Kier alpha value is -2.95. The van der Waals surface area contributed by atoms with Crippen LogP contribution >= 0.6 is 0 Å². The molecule has 21 heavy (non-hydrogen) atoms. The second kappa shape index (κ2) is 5.20. The Morgan fingerprint density at radius 1 is 1.05 bits per heavy atom. The van der Waals surface area contributed by atoms with E-state index in [1.807, 2.05) is 0 Å². The molecule has 4 nitrogen and oxygen atoms in total. The zero-order valence-corrected chi connectivity index (χ0v) is 10.8. The highest BCUT2D eigenvalue weighted by atomic mass is 19.1. The standard InChI is InChI=1S/C16H10FNO3/c17-11-6-2-3-7-12(11)18-16(20)15-9-13(19)10-5-1-4-8-14(10)21-15/h1-9H,(H,18,20).